The SMILES string of the molecule is COc1ccc2c(C(=O)C(=O)N(CC(=O)NC3CCCCC3)[C@@H](C(=O)NC3CCCCC3)C3CCCCC3)c[nH]c2c1. The first-order valence-corrected chi connectivity index (χ1v) is 16.0. The van der Waals surface area contributed by atoms with Crippen molar-refractivity contribution in [2.75, 3.05) is 13.7 Å². The number of fused-ring (bicyclic) bond motifs is 1. The largest absolute Gasteiger partial charge is 0.497 e. The van der Waals surface area contributed by atoms with Gasteiger partial charge in [-0.1, -0.05) is 57.8 Å². The number of ketones is 1. The van der Waals surface area contributed by atoms with Gasteiger partial charge in [0.15, 0.2) is 0 Å². The molecular weight excluding hydrogens is 532 g/mol. The van der Waals surface area contributed by atoms with E-state index in [0.717, 1.165) is 96.3 Å². The third-order valence-electron chi connectivity index (χ3n) is 9.53. The number of Topliss-reactive ketones (excluding diaryl/α,β-unsaturated/α-hetero) is 1. The number of ether oxygens (including phenoxy) is 1. The molecule has 3 aliphatic carbocycles. The Bertz CT molecular complexity index is 1250. The van der Waals surface area contributed by atoms with E-state index in [2.05, 4.69) is 15.6 Å². The summed E-state index contributed by atoms with van der Waals surface area (Å²) in [5, 5.41) is 6.93. The van der Waals surface area contributed by atoms with E-state index in [1.54, 1.807) is 25.3 Å². The first-order valence-electron chi connectivity index (χ1n) is 16.0. The third kappa shape index (κ3) is 7.16. The summed E-state index contributed by atoms with van der Waals surface area (Å²) in [6, 6.07) is 4.52. The smallest absolute Gasteiger partial charge is 0.296 e. The van der Waals surface area contributed by atoms with Crippen LogP contribution in [0.3, 0.4) is 0 Å². The fraction of sp³-hybridized carbons (Fsp3) is 0.636. The van der Waals surface area contributed by atoms with E-state index in [9.17, 15) is 19.2 Å². The van der Waals surface area contributed by atoms with Crippen LogP contribution in [-0.4, -0.2) is 65.2 Å². The van der Waals surface area contributed by atoms with Crippen molar-refractivity contribution in [1.82, 2.24) is 20.5 Å². The van der Waals surface area contributed by atoms with E-state index in [1.807, 2.05) is 0 Å². The average molecular weight is 579 g/mol. The molecule has 228 valence electrons. The lowest BCUT2D eigenvalue weighted by atomic mass is 9.82. The normalized spacial score (nSPS) is 19.6. The Morgan fingerprint density at radius 3 is 2.07 bits per heavy atom. The van der Waals surface area contributed by atoms with Gasteiger partial charge in [-0.2, -0.15) is 0 Å². The number of rotatable bonds is 10. The van der Waals surface area contributed by atoms with E-state index in [4.69, 9.17) is 4.74 Å². The van der Waals surface area contributed by atoms with E-state index >= 15 is 0 Å². The molecule has 3 amide bonds. The van der Waals surface area contributed by atoms with Crippen LogP contribution in [0.15, 0.2) is 24.4 Å². The van der Waals surface area contributed by atoms with Gasteiger partial charge in [0.2, 0.25) is 11.8 Å². The monoisotopic (exact) mass is 578 g/mol. The predicted molar refractivity (Wildman–Crippen MR) is 161 cm³/mol. The van der Waals surface area contributed by atoms with Gasteiger partial charge in [-0.25, -0.2) is 0 Å². The second-order valence-corrected chi connectivity index (χ2v) is 12.5. The molecule has 5 rings (SSSR count). The van der Waals surface area contributed by atoms with Crippen molar-refractivity contribution in [3.8, 4) is 5.75 Å². The quantitative estimate of drug-likeness (QED) is 0.270. The summed E-state index contributed by atoms with van der Waals surface area (Å²) in [6.45, 7) is -0.309. The zero-order chi connectivity index (χ0) is 29.5. The molecule has 0 saturated heterocycles. The number of H-pyrrole nitrogens is 1. The average Bonchev–Trinajstić information content (AvgIpc) is 3.45. The van der Waals surface area contributed by atoms with Crippen LogP contribution in [0.4, 0.5) is 0 Å². The summed E-state index contributed by atoms with van der Waals surface area (Å²) >= 11 is 0. The molecule has 3 aliphatic rings. The molecule has 1 aromatic carbocycles. The van der Waals surface area contributed by atoms with Crippen molar-refractivity contribution >= 4 is 34.4 Å². The van der Waals surface area contributed by atoms with Gasteiger partial charge < -0.3 is 25.3 Å². The highest BCUT2D eigenvalue weighted by molar-refractivity contribution is 6.45. The summed E-state index contributed by atoms with van der Waals surface area (Å²) in [4.78, 5) is 60.0. The Hall–Kier alpha value is -3.36. The number of carbonyl (C=O) groups is 4. The van der Waals surface area contributed by atoms with Gasteiger partial charge in [-0.15, -0.1) is 0 Å². The van der Waals surface area contributed by atoms with Crippen LogP contribution in [0.1, 0.15) is 107 Å². The van der Waals surface area contributed by atoms with Crippen LogP contribution in [-0.2, 0) is 14.4 Å². The zero-order valence-corrected chi connectivity index (χ0v) is 24.9. The second-order valence-electron chi connectivity index (χ2n) is 12.5. The molecule has 9 nitrogen and oxygen atoms in total. The summed E-state index contributed by atoms with van der Waals surface area (Å²) in [5.41, 5.74) is 0.899. The molecule has 3 saturated carbocycles. The number of carbonyl (C=O) groups excluding carboxylic acids is 4. The molecule has 0 unspecified atom stereocenters. The molecule has 1 aromatic heterocycles. The molecule has 0 aliphatic heterocycles. The summed E-state index contributed by atoms with van der Waals surface area (Å²) in [5.74, 6) is -1.54. The summed E-state index contributed by atoms with van der Waals surface area (Å²) < 4.78 is 5.30. The van der Waals surface area contributed by atoms with Crippen LogP contribution in [0.25, 0.3) is 10.9 Å². The van der Waals surface area contributed by atoms with Crippen LogP contribution in [0.2, 0.25) is 0 Å². The summed E-state index contributed by atoms with van der Waals surface area (Å²) in [7, 11) is 1.57. The van der Waals surface area contributed by atoms with Crippen molar-refractivity contribution in [3.63, 3.8) is 0 Å². The number of hydrogen-bond acceptors (Lipinski definition) is 5. The number of amides is 3. The fourth-order valence-corrected chi connectivity index (χ4v) is 7.23. The maximum Gasteiger partial charge on any atom is 0.296 e. The molecule has 9 heteroatoms. The topological polar surface area (TPSA) is 121 Å². The third-order valence-corrected chi connectivity index (χ3v) is 9.53. The van der Waals surface area contributed by atoms with Gasteiger partial charge in [-0.3, -0.25) is 19.2 Å². The number of hydrogen-bond donors (Lipinski definition) is 3. The lowest BCUT2D eigenvalue weighted by Crippen LogP contribution is -2.59. The van der Waals surface area contributed by atoms with E-state index < -0.39 is 17.7 Å². The van der Waals surface area contributed by atoms with E-state index in [-0.39, 0.29) is 41.9 Å². The Kier molecular flexibility index (Phi) is 10.2. The van der Waals surface area contributed by atoms with Gasteiger partial charge in [0.1, 0.15) is 18.3 Å². The molecule has 0 bridgehead atoms. The summed E-state index contributed by atoms with van der Waals surface area (Å²) in [6.07, 6.45) is 16.3. The second kappa shape index (κ2) is 14.2. The highest BCUT2D eigenvalue weighted by atomic mass is 16.5. The number of methoxy groups -OCH3 is 1. The number of nitrogens with one attached hydrogen (secondary N) is 3. The molecule has 0 radical (unpaired) electrons. The van der Waals surface area contributed by atoms with Crippen LogP contribution in [0, 0.1) is 5.92 Å². The van der Waals surface area contributed by atoms with Crippen molar-refractivity contribution in [1.29, 1.82) is 0 Å². The van der Waals surface area contributed by atoms with Crippen molar-refractivity contribution in [3.05, 3.63) is 30.0 Å². The number of benzene rings is 1. The van der Waals surface area contributed by atoms with Gasteiger partial charge in [0, 0.05) is 35.2 Å². The minimum absolute atomic E-state index is 0.0599. The lowest BCUT2D eigenvalue weighted by molar-refractivity contribution is -0.143. The number of nitrogens with zero attached hydrogens (tertiary/aromatic N) is 1. The molecule has 2 aromatic rings. The Labute approximate surface area is 248 Å². The molecule has 1 atom stereocenters. The fourth-order valence-electron chi connectivity index (χ4n) is 7.23. The van der Waals surface area contributed by atoms with Crippen molar-refractivity contribution in [2.45, 2.75) is 114 Å². The maximum absolute atomic E-state index is 14.2. The first-order chi connectivity index (χ1) is 20.4. The van der Waals surface area contributed by atoms with Crippen LogP contribution >= 0.6 is 0 Å². The minimum atomic E-state index is -0.869. The number of aromatic nitrogens is 1. The Morgan fingerprint density at radius 1 is 0.857 bits per heavy atom. The van der Waals surface area contributed by atoms with E-state index in [1.165, 1.54) is 11.1 Å². The van der Waals surface area contributed by atoms with Crippen molar-refractivity contribution in [2.24, 2.45) is 5.92 Å². The molecule has 3 fully saturated rings. The predicted octanol–water partition coefficient (Wildman–Crippen LogP) is 5.03. The standard InChI is InChI=1S/C33H46N4O5/c1-42-25-17-18-26-27(20-34-28(26)19-25)31(39)33(41)37(21-29(38)35-23-13-7-3-8-14-23)30(22-11-5-2-6-12-22)32(40)36-24-15-9-4-10-16-24/h17-20,22-24,30,34H,2-16,21H2,1H3,(H,35,38)(H,36,40)/t30-/m1/s1. The lowest BCUT2D eigenvalue weighted by Gasteiger charge is -2.38. The molecule has 42 heavy (non-hydrogen) atoms. The number of aromatic amines is 1. The zero-order valence-electron chi connectivity index (χ0n) is 24.9. The van der Waals surface area contributed by atoms with Gasteiger partial charge in [0.05, 0.1) is 12.7 Å². The Morgan fingerprint density at radius 2 is 1.45 bits per heavy atom. The first kappa shape index (κ1) is 30.1. The van der Waals surface area contributed by atoms with Gasteiger partial charge >= 0.3 is 0 Å². The van der Waals surface area contributed by atoms with Gasteiger partial charge in [-0.05, 0) is 56.6 Å². The van der Waals surface area contributed by atoms with E-state index in [0.29, 0.717) is 16.7 Å². The van der Waals surface area contributed by atoms with Crippen LogP contribution < -0.4 is 15.4 Å². The minimum Gasteiger partial charge on any atom is -0.497 e. The molecule has 3 N–H and O–H groups in total. The molecular formula is C33H46N4O5. The van der Waals surface area contributed by atoms with Crippen molar-refractivity contribution < 1.29 is 23.9 Å². The molecule has 1 heterocycles. The highest BCUT2D eigenvalue weighted by Gasteiger charge is 2.41. The van der Waals surface area contributed by atoms with Gasteiger partial charge in [0.25, 0.3) is 11.7 Å². The Balaban J connectivity index is 1.45. The van der Waals surface area contributed by atoms with Crippen LogP contribution in [0.5, 0.6) is 5.75 Å². The highest BCUT2D eigenvalue weighted by Crippen LogP contribution is 2.31. The molecule has 0 spiro atoms. The maximum atomic E-state index is 14.2.